The molecule has 0 amide bonds. The molecule has 17 heavy (non-hydrogen) atoms. The second-order valence-corrected chi connectivity index (χ2v) is 4.27. The fourth-order valence-electron chi connectivity index (χ4n) is 1.96. The molecule has 0 aromatic carbocycles. The summed E-state index contributed by atoms with van der Waals surface area (Å²) in [7, 11) is 3.13. The van der Waals surface area contributed by atoms with Crippen LogP contribution in [-0.2, 0) is 19.0 Å². The molecule has 1 atom stereocenters. The SMILES string of the molecule is COCCCCN1CCOC(CC(=O)OC)C1. The van der Waals surface area contributed by atoms with Crippen molar-refractivity contribution in [3.8, 4) is 0 Å². The summed E-state index contributed by atoms with van der Waals surface area (Å²) in [6.07, 6.45) is 2.54. The average molecular weight is 245 g/mol. The second-order valence-electron chi connectivity index (χ2n) is 4.27. The van der Waals surface area contributed by atoms with Crippen molar-refractivity contribution in [2.45, 2.75) is 25.4 Å². The van der Waals surface area contributed by atoms with Gasteiger partial charge in [0, 0.05) is 26.8 Å². The molecule has 1 heterocycles. The molecule has 1 unspecified atom stereocenters. The topological polar surface area (TPSA) is 48.0 Å². The van der Waals surface area contributed by atoms with E-state index in [4.69, 9.17) is 9.47 Å². The predicted octanol–water partition coefficient (Wildman–Crippen LogP) is 0.677. The number of ether oxygens (including phenoxy) is 3. The van der Waals surface area contributed by atoms with Gasteiger partial charge in [-0.25, -0.2) is 0 Å². The van der Waals surface area contributed by atoms with Crippen LogP contribution in [0.5, 0.6) is 0 Å². The molecule has 0 radical (unpaired) electrons. The van der Waals surface area contributed by atoms with Gasteiger partial charge in [0.2, 0.25) is 0 Å². The van der Waals surface area contributed by atoms with E-state index >= 15 is 0 Å². The van der Waals surface area contributed by atoms with Gasteiger partial charge in [-0.2, -0.15) is 0 Å². The molecule has 0 spiro atoms. The number of carbonyl (C=O) groups excluding carboxylic acids is 1. The third kappa shape index (κ3) is 6.00. The monoisotopic (exact) mass is 245 g/mol. The molecule has 5 nitrogen and oxygen atoms in total. The molecule has 100 valence electrons. The van der Waals surface area contributed by atoms with E-state index in [1.54, 1.807) is 7.11 Å². The highest BCUT2D eigenvalue weighted by Crippen LogP contribution is 2.10. The molecule has 1 saturated heterocycles. The van der Waals surface area contributed by atoms with Crippen LogP contribution in [-0.4, -0.2) is 64.0 Å². The van der Waals surface area contributed by atoms with Crippen LogP contribution in [0.15, 0.2) is 0 Å². The van der Waals surface area contributed by atoms with Gasteiger partial charge in [0.25, 0.3) is 0 Å². The Balaban J connectivity index is 2.17. The third-order valence-corrected chi connectivity index (χ3v) is 2.92. The summed E-state index contributed by atoms with van der Waals surface area (Å²) in [6.45, 7) is 4.33. The summed E-state index contributed by atoms with van der Waals surface area (Å²) in [4.78, 5) is 13.5. The van der Waals surface area contributed by atoms with E-state index in [1.807, 2.05) is 0 Å². The van der Waals surface area contributed by atoms with Gasteiger partial charge in [0.15, 0.2) is 0 Å². The summed E-state index contributed by atoms with van der Waals surface area (Å²) in [5.74, 6) is -0.198. The van der Waals surface area contributed by atoms with Crippen LogP contribution in [0.1, 0.15) is 19.3 Å². The van der Waals surface area contributed by atoms with E-state index in [2.05, 4.69) is 9.64 Å². The maximum absolute atomic E-state index is 11.1. The van der Waals surface area contributed by atoms with Crippen molar-refractivity contribution in [3.05, 3.63) is 0 Å². The summed E-state index contributed by atoms with van der Waals surface area (Å²) in [6, 6.07) is 0. The van der Waals surface area contributed by atoms with Crippen LogP contribution >= 0.6 is 0 Å². The number of nitrogens with zero attached hydrogens (tertiary/aromatic N) is 1. The molecule has 1 aliphatic rings. The van der Waals surface area contributed by atoms with E-state index in [0.717, 1.165) is 39.1 Å². The fourth-order valence-corrected chi connectivity index (χ4v) is 1.96. The van der Waals surface area contributed by atoms with Gasteiger partial charge in [0.1, 0.15) is 0 Å². The molecule has 0 aromatic heterocycles. The van der Waals surface area contributed by atoms with Crippen LogP contribution in [0.3, 0.4) is 0 Å². The molecule has 1 rings (SSSR count). The highest BCUT2D eigenvalue weighted by molar-refractivity contribution is 5.69. The number of morpholine rings is 1. The summed E-state index contributed by atoms with van der Waals surface area (Å²) in [5.41, 5.74) is 0. The normalized spacial score (nSPS) is 21.4. The molecule has 1 fully saturated rings. The van der Waals surface area contributed by atoms with Crippen LogP contribution in [0.25, 0.3) is 0 Å². The predicted molar refractivity (Wildman–Crippen MR) is 63.9 cm³/mol. The summed E-state index contributed by atoms with van der Waals surface area (Å²) >= 11 is 0. The Hall–Kier alpha value is -0.650. The molecular formula is C12H23NO4. The van der Waals surface area contributed by atoms with Gasteiger partial charge in [-0.3, -0.25) is 9.69 Å². The van der Waals surface area contributed by atoms with Crippen molar-refractivity contribution >= 4 is 5.97 Å². The first kappa shape index (κ1) is 14.4. The largest absolute Gasteiger partial charge is 0.469 e. The maximum Gasteiger partial charge on any atom is 0.308 e. The van der Waals surface area contributed by atoms with Crippen LogP contribution in [0.2, 0.25) is 0 Å². The smallest absolute Gasteiger partial charge is 0.308 e. The molecule has 0 bridgehead atoms. The van der Waals surface area contributed by atoms with Crippen molar-refractivity contribution < 1.29 is 19.0 Å². The average Bonchev–Trinajstić information content (AvgIpc) is 2.35. The lowest BCUT2D eigenvalue weighted by Gasteiger charge is -2.32. The number of methoxy groups -OCH3 is 2. The standard InChI is InChI=1S/C12H23NO4/c1-15-7-4-3-5-13-6-8-17-11(10-13)9-12(14)16-2/h11H,3-10H2,1-2H3. The molecular weight excluding hydrogens is 222 g/mol. The minimum Gasteiger partial charge on any atom is -0.469 e. The summed E-state index contributed by atoms with van der Waals surface area (Å²) in [5, 5.41) is 0. The van der Waals surface area contributed by atoms with Crippen molar-refractivity contribution in [1.82, 2.24) is 4.90 Å². The van der Waals surface area contributed by atoms with Crippen molar-refractivity contribution in [1.29, 1.82) is 0 Å². The molecule has 0 aliphatic carbocycles. The quantitative estimate of drug-likeness (QED) is 0.487. The highest BCUT2D eigenvalue weighted by atomic mass is 16.5. The van der Waals surface area contributed by atoms with E-state index < -0.39 is 0 Å². The minimum absolute atomic E-state index is 0.0152. The van der Waals surface area contributed by atoms with Gasteiger partial charge in [-0.15, -0.1) is 0 Å². The van der Waals surface area contributed by atoms with E-state index in [0.29, 0.717) is 13.0 Å². The lowest BCUT2D eigenvalue weighted by molar-refractivity contribution is -0.145. The third-order valence-electron chi connectivity index (χ3n) is 2.92. The first-order valence-corrected chi connectivity index (χ1v) is 6.16. The van der Waals surface area contributed by atoms with Gasteiger partial charge in [0.05, 0.1) is 26.2 Å². The number of unbranched alkanes of at least 4 members (excludes halogenated alkanes) is 1. The van der Waals surface area contributed by atoms with Gasteiger partial charge >= 0.3 is 5.97 Å². The van der Waals surface area contributed by atoms with Crippen molar-refractivity contribution in [2.75, 3.05) is 47.1 Å². The number of esters is 1. The second kappa shape index (κ2) is 8.44. The van der Waals surface area contributed by atoms with Crippen molar-refractivity contribution in [3.63, 3.8) is 0 Å². The first-order chi connectivity index (χ1) is 8.26. The van der Waals surface area contributed by atoms with Gasteiger partial charge < -0.3 is 14.2 Å². The van der Waals surface area contributed by atoms with E-state index in [1.165, 1.54) is 7.11 Å². The van der Waals surface area contributed by atoms with Gasteiger partial charge in [-0.05, 0) is 19.4 Å². The zero-order valence-corrected chi connectivity index (χ0v) is 10.8. The minimum atomic E-state index is -0.198. The van der Waals surface area contributed by atoms with Crippen LogP contribution in [0, 0.1) is 0 Å². The van der Waals surface area contributed by atoms with E-state index in [9.17, 15) is 4.79 Å². The highest BCUT2D eigenvalue weighted by Gasteiger charge is 2.22. The molecule has 5 heteroatoms. The first-order valence-electron chi connectivity index (χ1n) is 6.16. The Morgan fingerprint density at radius 2 is 2.24 bits per heavy atom. The Morgan fingerprint density at radius 3 is 2.94 bits per heavy atom. The lowest BCUT2D eigenvalue weighted by Crippen LogP contribution is -2.43. The Bertz CT molecular complexity index is 223. The molecule has 1 aliphatic heterocycles. The fraction of sp³-hybridized carbons (Fsp3) is 0.917. The zero-order chi connectivity index (χ0) is 12.5. The zero-order valence-electron chi connectivity index (χ0n) is 10.8. The Morgan fingerprint density at radius 1 is 1.41 bits per heavy atom. The number of carbonyl (C=O) groups is 1. The molecule has 0 saturated carbocycles. The van der Waals surface area contributed by atoms with Crippen LogP contribution < -0.4 is 0 Å². The lowest BCUT2D eigenvalue weighted by atomic mass is 10.2. The van der Waals surface area contributed by atoms with Gasteiger partial charge in [-0.1, -0.05) is 0 Å². The number of hydrogen-bond acceptors (Lipinski definition) is 5. The number of hydrogen-bond donors (Lipinski definition) is 0. The summed E-state index contributed by atoms with van der Waals surface area (Å²) < 4.78 is 15.2. The van der Waals surface area contributed by atoms with E-state index in [-0.39, 0.29) is 12.1 Å². The molecule has 0 aromatic rings. The van der Waals surface area contributed by atoms with Crippen LogP contribution in [0.4, 0.5) is 0 Å². The Kier molecular flexibility index (Phi) is 7.16. The van der Waals surface area contributed by atoms with Crippen molar-refractivity contribution in [2.24, 2.45) is 0 Å². The number of rotatable bonds is 7. The maximum atomic E-state index is 11.1. The Labute approximate surface area is 103 Å². The molecule has 0 N–H and O–H groups in total.